The third kappa shape index (κ3) is 7.07. The SMILES string of the molecule is CCC(O)C1Cc2ccc(cc2)OCC(=O)NCC(=O)NC(CC(N)=O)C(=O)N1. The number of hydrogen-bond acceptors (Lipinski definition) is 6. The van der Waals surface area contributed by atoms with Crippen LogP contribution >= 0.6 is 0 Å². The van der Waals surface area contributed by atoms with Gasteiger partial charge in [-0.25, -0.2) is 0 Å². The quantitative estimate of drug-likeness (QED) is 0.377. The van der Waals surface area contributed by atoms with Crippen molar-refractivity contribution < 1.29 is 29.0 Å². The van der Waals surface area contributed by atoms with Crippen LogP contribution in [0.4, 0.5) is 0 Å². The Bertz CT molecular complexity index is 752. The molecule has 6 N–H and O–H groups in total. The van der Waals surface area contributed by atoms with Gasteiger partial charge in [0.05, 0.1) is 25.1 Å². The molecule has 2 aliphatic heterocycles. The fraction of sp³-hybridized carbons (Fsp3) is 0.474. The number of hydrogen-bond donors (Lipinski definition) is 5. The zero-order chi connectivity index (χ0) is 21.4. The molecule has 0 spiro atoms. The van der Waals surface area contributed by atoms with Gasteiger partial charge in [-0.2, -0.15) is 0 Å². The zero-order valence-corrected chi connectivity index (χ0v) is 16.1. The Morgan fingerprint density at radius 3 is 2.52 bits per heavy atom. The number of rotatable bonds is 4. The number of carbonyl (C=O) groups is 4. The summed E-state index contributed by atoms with van der Waals surface area (Å²) in [5, 5.41) is 17.8. The van der Waals surface area contributed by atoms with Crippen LogP contribution in [0.5, 0.6) is 5.75 Å². The molecule has 2 bridgehead atoms. The number of amides is 4. The van der Waals surface area contributed by atoms with Crippen LogP contribution in [0.3, 0.4) is 0 Å². The van der Waals surface area contributed by atoms with E-state index < -0.39 is 54.8 Å². The molecule has 1 aromatic carbocycles. The Hall–Kier alpha value is -3.14. The number of benzene rings is 1. The molecular weight excluding hydrogens is 380 g/mol. The lowest BCUT2D eigenvalue weighted by atomic mass is 9.99. The largest absolute Gasteiger partial charge is 0.484 e. The van der Waals surface area contributed by atoms with Gasteiger partial charge < -0.3 is 31.5 Å². The Morgan fingerprint density at radius 2 is 1.90 bits per heavy atom. The second-order valence-corrected chi connectivity index (χ2v) is 6.79. The van der Waals surface area contributed by atoms with Gasteiger partial charge in [0.2, 0.25) is 17.7 Å². The molecule has 3 rings (SSSR count). The standard InChI is InChI=1S/C19H26N4O6/c1-2-15(24)13-7-11-3-5-12(6-4-11)29-10-18(27)21-9-17(26)22-14(8-16(20)25)19(28)23-13/h3-6,13-15,24H,2,7-10H2,1H3,(H2,20,25)(H,21,27)(H,22,26)(H,23,28). The minimum atomic E-state index is -1.23. The lowest BCUT2D eigenvalue weighted by molar-refractivity contribution is -0.132. The summed E-state index contributed by atoms with van der Waals surface area (Å²) in [6.45, 7) is 1.10. The van der Waals surface area contributed by atoms with E-state index in [4.69, 9.17) is 10.5 Å². The molecule has 10 heteroatoms. The van der Waals surface area contributed by atoms with E-state index in [2.05, 4.69) is 16.0 Å². The first-order chi connectivity index (χ1) is 13.8. The van der Waals surface area contributed by atoms with Crippen LogP contribution in [0, 0.1) is 0 Å². The summed E-state index contributed by atoms with van der Waals surface area (Å²) in [6.07, 6.45) is -0.542. The number of nitrogens with two attached hydrogens (primary N) is 1. The van der Waals surface area contributed by atoms with Gasteiger partial charge in [0.1, 0.15) is 11.8 Å². The Labute approximate surface area is 168 Å². The fourth-order valence-corrected chi connectivity index (χ4v) is 2.86. The van der Waals surface area contributed by atoms with E-state index in [0.29, 0.717) is 18.6 Å². The van der Waals surface area contributed by atoms with Crippen LogP contribution in [0.15, 0.2) is 24.3 Å². The van der Waals surface area contributed by atoms with E-state index in [-0.39, 0.29) is 6.61 Å². The molecule has 1 aromatic rings. The summed E-state index contributed by atoms with van der Waals surface area (Å²) in [5.41, 5.74) is 6.01. The molecule has 0 radical (unpaired) electrons. The van der Waals surface area contributed by atoms with Gasteiger partial charge in [0, 0.05) is 0 Å². The lowest BCUT2D eigenvalue weighted by Gasteiger charge is -2.26. The average molecular weight is 406 g/mol. The summed E-state index contributed by atoms with van der Waals surface area (Å²) in [4.78, 5) is 47.9. The summed E-state index contributed by atoms with van der Waals surface area (Å²) in [5.74, 6) is -2.13. The summed E-state index contributed by atoms with van der Waals surface area (Å²) >= 11 is 0. The molecule has 2 aliphatic rings. The molecule has 0 aromatic heterocycles. The first-order valence-electron chi connectivity index (χ1n) is 9.33. The summed E-state index contributed by atoms with van der Waals surface area (Å²) in [7, 11) is 0. The van der Waals surface area contributed by atoms with Crippen molar-refractivity contribution in [1.82, 2.24) is 16.0 Å². The van der Waals surface area contributed by atoms with E-state index >= 15 is 0 Å². The van der Waals surface area contributed by atoms with Crippen molar-refractivity contribution >= 4 is 23.6 Å². The van der Waals surface area contributed by atoms with Crippen LogP contribution in [-0.4, -0.2) is 60.1 Å². The van der Waals surface area contributed by atoms with Crippen molar-refractivity contribution in [2.75, 3.05) is 13.2 Å². The minimum absolute atomic E-state index is 0.283. The van der Waals surface area contributed by atoms with Crippen LogP contribution in [0.25, 0.3) is 0 Å². The highest BCUT2D eigenvalue weighted by molar-refractivity contribution is 5.93. The molecule has 29 heavy (non-hydrogen) atoms. The Kier molecular flexibility index (Phi) is 7.96. The summed E-state index contributed by atoms with van der Waals surface area (Å²) < 4.78 is 5.37. The molecule has 10 nitrogen and oxygen atoms in total. The maximum atomic E-state index is 12.7. The second-order valence-electron chi connectivity index (χ2n) is 6.79. The highest BCUT2D eigenvalue weighted by atomic mass is 16.5. The van der Waals surface area contributed by atoms with Crippen molar-refractivity contribution in [3.8, 4) is 5.75 Å². The topological polar surface area (TPSA) is 160 Å². The third-order valence-corrected chi connectivity index (χ3v) is 4.46. The van der Waals surface area contributed by atoms with Crippen molar-refractivity contribution in [1.29, 1.82) is 0 Å². The van der Waals surface area contributed by atoms with Gasteiger partial charge in [0.15, 0.2) is 6.61 Å². The number of aliphatic hydroxyl groups is 1. The number of nitrogens with one attached hydrogen (secondary N) is 3. The molecular formula is C19H26N4O6. The minimum Gasteiger partial charge on any atom is -0.484 e. The predicted octanol–water partition coefficient (Wildman–Crippen LogP) is -1.65. The van der Waals surface area contributed by atoms with Gasteiger partial charge in [-0.3, -0.25) is 19.2 Å². The van der Waals surface area contributed by atoms with Crippen molar-refractivity contribution in [3.63, 3.8) is 0 Å². The molecule has 3 atom stereocenters. The van der Waals surface area contributed by atoms with Crippen LogP contribution in [0.1, 0.15) is 25.3 Å². The van der Waals surface area contributed by atoms with Gasteiger partial charge >= 0.3 is 0 Å². The normalized spacial score (nSPS) is 22.1. The lowest BCUT2D eigenvalue weighted by Crippen LogP contribution is -2.55. The van der Waals surface area contributed by atoms with Crippen molar-refractivity contribution in [2.45, 2.75) is 44.4 Å². The molecule has 4 amide bonds. The Morgan fingerprint density at radius 1 is 1.21 bits per heavy atom. The summed E-state index contributed by atoms with van der Waals surface area (Å²) in [6, 6.07) is 5.02. The third-order valence-electron chi connectivity index (χ3n) is 4.46. The second kappa shape index (κ2) is 10.4. The van der Waals surface area contributed by atoms with Gasteiger partial charge in [-0.05, 0) is 30.5 Å². The first kappa shape index (κ1) is 22.2. The van der Waals surface area contributed by atoms with Gasteiger partial charge in [-0.1, -0.05) is 19.1 Å². The number of aliphatic hydroxyl groups excluding tert-OH is 1. The van der Waals surface area contributed by atoms with Crippen molar-refractivity contribution in [3.05, 3.63) is 29.8 Å². The fourth-order valence-electron chi connectivity index (χ4n) is 2.86. The van der Waals surface area contributed by atoms with Crippen LogP contribution in [0.2, 0.25) is 0 Å². The molecule has 0 saturated carbocycles. The highest BCUT2D eigenvalue weighted by Gasteiger charge is 2.28. The molecule has 158 valence electrons. The zero-order valence-electron chi connectivity index (χ0n) is 16.1. The highest BCUT2D eigenvalue weighted by Crippen LogP contribution is 2.15. The van der Waals surface area contributed by atoms with Gasteiger partial charge in [0.25, 0.3) is 5.91 Å². The van der Waals surface area contributed by atoms with Crippen LogP contribution < -0.4 is 26.4 Å². The van der Waals surface area contributed by atoms with E-state index in [0.717, 1.165) is 5.56 Å². The maximum Gasteiger partial charge on any atom is 0.258 e. The number of ether oxygens (including phenoxy) is 1. The van der Waals surface area contributed by atoms with E-state index in [1.807, 2.05) is 0 Å². The van der Waals surface area contributed by atoms with E-state index in [9.17, 15) is 24.3 Å². The van der Waals surface area contributed by atoms with E-state index in [1.54, 1.807) is 31.2 Å². The molecule has 0 fully saturated rings. The van der Waals surface area contributed by atoms with E-state index in [1.165, 1.54) is 0 Å². The number of carbonyl (C=O) groups excluding carboxylic acids is 4. The van der Waals surface area contributed by atoms with Gasteiger partial charge in [-0.15, -0.1) is 0 Å². The monoisotopic (exact) mass is 406 g/mol. The molecule has 0 saturated heterocycles. The molecule has 0 aliphatic carbocycles. The van der Waals surface area contributed by atoms with Crippen molar-refractivity contribution in [2.24, 2.45) is 5.73 Å². The first-order valence-corrected chi connectivity index (χ1v) is 9.33. The average Bonchev–Trinajstić information content (AvgIpc) is 2.69. The molecule has 2 heterocycles. The van der Waals surface area contributed by atoms with Crippen LogP contribution in [-0.2, 0) is 25.6 Å². The number of fused-ring (bicyclic) bond motifs is 13. The Balaban J connectivity index is 2.29. The molecule has 3 unspecified atom stereocenters. The number of primary amides is 1. The maximum absolute atomic E-state index is 12.7. The predicted molar refractivity (Wildman–Crippen MR) is 103 cm³/mol. The smallest absolute Gasteiger partial charge is 0.258 e.